The van der Waals surface area contributed by atoms with E-state index in [1.54, 1.807) is 13.8 Å². The molecule has 2 aliphatic carbocycles. The van der Waals surface area contributed by atoms with Crippen LogP contribution in [0.5, 0.6) is 0 Å². The van der Waals surface area contributed by atoms with Crippen LogP contribution in [0.2, 0.25) is 0 Å². The van der Waals surface area contributed by atoms with Gasteiger partial charge in [-0.3, -0.25) is 9.59 Å². The van der Waals surface area contributed by atoms with Crippen molar-refractivity contribution >= 4 is 18.0 Å². The maximum atomic E-state index is 12.8. The number of alkyl carbamates (subject to hydrolysis) is 1. The molecule has 186 valence electrons. The highest BCUT2D eigenvalue weighted by Crippen LogP contribution is 2.44. The number of ether oxygens (including phenoxy) is 1. The number of benzene rings is 2. The van der Waals surface area contributed by atoms with Gasteiger partial charge in [-0.15, -0.1) is 0 Å². The third kappa shape index (κ3) is 5.66. The number of fused-ring (bicyclic) bond motifs is 3. The molecule has 1 fully saturated rings. The van der Waals surface area contributed by atoms with Crippen LogP contribution in [0.1, 0.15) is 63.0 Å². The summed E-state index contributed by atoms with van der Waals surface area (Å²) in [6, 6.07) is 15.8. The van der Waals surface area contributed by atoms with Gasteiger partial charge in [-0.1, -0.05) is 61.4 Å². The molecule has 4 atom stereocenters. The van der Waals surface area contributed by atoms with E-state index in [0.29, 0.717) is 0 Å². The average Bonchev–Trinajstić information content (AvgIpc) is 3.17. The fourth-order valence-corrected chi connectivity index (χ4v) is 5.32. The predicted octanol–water partition coefficient (Wildman–Crippen LogP) is 4.70. The van der Waals surface area contributed by atoms with E-state index in [4.69, 9.17) is 9.84 Å². The van der Waals surface area contributed by atoms with Crippen LogP contribution in [0.3, 0.4) is 0 Å². The Morgan fingerprint density at radius 1 is 0.971 bits per heavy atom. The first kappa shape index (κ1) is 24.8. The van der Waals surface area contributed by atoms with Gasteiger partial charge in [0.25, 0.3) is 0 Å². The van der Waals surface area contributed by atoms with Gasteiger partial charge in [-0.25, -0.2) is 4.79 Å². The largest absolute Gasteiger partial charge is 0.481 e. The van der Waals surface area contributed by atoms with Crippen LogP contribution in [0.25, 0.3) is 11.1 Å². The molecule has 0 spiro atoms. The van der Waals surface area contributed by atoms with Crippen molar-refractivity contribution in [2.75, 3.05) is 6.61 Å². The first-order valence-corrected chi connectivity index (χ1v) is 12.5. The molecule has 4 rings (SSSR count). The molecule has 2 amide bonds. The van der Waals surface area contributed by atoms with Crippen LogP contribution in [0, 0.1) is 11.8 Å². The lowest BCUT2D eigenvalue weighted by Gasteiger charge is -2.32. The quantitative estimate of drug-likeness (QED) is 0.510. The Hall–Kier alpha value is -3.35. The standard InChI is InChI=1S/C28H34N2O5/c1-17(27(32)33)18(2)29-26(31)15-19-9-3-8-14-25(19)30-28(34)35-16-24-22-12-6-4-10-20(22)21-11-5-7-13-23(21)24/h4-7,10-13,17-19,24-25H,3,8-9,14-16H2,1-2H3,(H,29,31)(H,30,34)(H,32,33)/t17?,18?,19-,25-/m0/s1. The Balaban J connectivity index is 1.33. The van der Waals surface area contributed by atoms with Crippen LogP contribution in [-0.2, 0) is 14.3 Å². The van der Waals surface area contributed by atoms with E-state index in [1.165, 1.54) is 22.3 Å². The van der Waals surface area contributed by atoms with Gasteiger partial charge in [0, 0.05) is 24.4 Å². The molecule has 0 heterocycles. The molecule has 1 saturated carbocycles. The van der Waals surface area contributed by atoms with Crippen LogP contribution in [0.4, 0.5) is 4.79 Å². The highest BCUT2D eigenvalue weighted by Gasteiger charge is 2.32. The molecule has 7 nitrogen and oxygen atoms in total. The molecule has 0 saturated heterocycles. The van der Waals surface area contributed by atoms with Crippen molar-refractivity contribution in [1.29, 1.82) is 0 Å². The van der Waals surface area contributed by atoms with Crippen LogP contribution in [-0.4, -0.2) is 41.8 Å². The fraction of sp³-hybridized carbons (Fsp3) is 0.464. The fourth-order valence-electron chi connectivity index (χ4n) is 5.32. The molecular weight excluding hydrogens is 444 g/mol. The summed E-state index contributed by atoms with van der Waals surface area (Å²) in [5.41, 5.74) is 4.70. The molecule has 2 aromatic carbocycles. The van der Waals surface area contributed by atoms with E-state index in [0.717, 1.165) is 25.7 Å². The number of rotatable bonds is 8. The van der Waals surface area contributed by atoms with Crippen molar-refractivity contribution in [2.45, 2.75) is 64.0 Å². The highest BCUT2D eigenvalue weighted by atomic mass is 16.5. The third-order valence-electron chi connectivity index (χ3n) is 7.53. The van der Waals surface area contributed by atoms with Gasteiger partial charge in [0.05, 0.1) is 5.92 Å². The molecule has 0 aromatic heterocycles. The van der Waals surface area contributed by atoms with E-state index in [2.05, 4.69) is 34.9 Å². The second-order valence-electron chi connectivity index (χ2n) is 9.81. The molecular formula is C28H34N2O5. The molecule has 0 aliphatic heterocycles. The minimum absolute atomic E-state index is 0.00112. The number of hydrogen-bond donors (Lipinski definition) is 3. The van der Waals surface area contributed by atoms with E-state index in [-0.39, 0.29) is 36.8 Å². The van der Waals surface area contributed by atoms with E-state index in [1.807, 2.05) is 24.3 Å². The van der Waals surface area contributed by atoms with Gasteiger partial charge >= 0.3 is 12.1 Å². The van der Waals surface area contributed by atoms with E-state index >= 15 is 0 Å². The van der Waals surface area contributed by atoms with Gasteiger partial charge in [-0.2, -0.15) is 0 Å². The Kier molecular flexibility index (Phi) is 7.73. The minimum Gasteiger partial charge on any atom is -0.481 e. The number of nitrogens with one attached hydrogen (secondary N) is 2. The van der Waals surface area contributed by atoms with Gasteiger partial charge in [0.15, 0.2) is 0 Å². The zero-order chi connectivity index (χ0) is 24.9. The Bertz CT molecular complexity index is 1040. The molecule has 2 unspecified atom stereocenters. The van der Waals surface area contributed by atoms with Gasteiger partial charge in [0.2, 0.25) is 5.91 Å². The second kappa shape index (κ2) is 10.9. The number of hydrogen-bond acceptors (Lipinski definition) is 4. The lowest BCUT2D eigenvalue weighted by Crippen LogP contribution is -2.46. The summed E-state index contributed by atoms with van der Waals surface area (Å²) in [4.78, 5) is 36.5. The molecule has 7 heteroatoms. The summed E-state index contributed by atoms with van der Waals surface area (Å²) < 4.78 is 5.70. The first-order chi connectivity index (χ1) is 16.8. The van der Waals surface area contributed by atoms with Gasteiger partial charge < -0.3 is 20.5 Å². The predicted molar refractivity (Wildman–Crippen MR) is 133 cm³/mol. The number of amides is 2. The summed E-state index contributed by atoms with van der Waals surface area (Å²) in [7, 11) is 0. The van der Waals surface area contributed by atoms with Gasteiger partial charge in [-0.05, 0) is 54.9 Å². The molecule has 35 heavy (non-hydrogen) atoms. The lowest BCUT2D eigenvalue weighted by molar-refractivity contribution is -0.142. The third-order valence-corrected chi connectivity index (χ3v) is 7.53. The minimum atomic E-state index is -0.940. The maximum Gasteiger partial charge on any atom is 0.407 e. The zero-order valence-electron chi connectivity index (χ0n) is 20.3. The maximum absolute atomic E-state index is 12.8. The number of carboxylic acids is 1. The number of carboxylic acid groups (broad SMARTS) is 1. The monoisotopic (exact) mass is 478 g/mol. The SMILES string of the molecule is CC(NC(=O)C[C@@H]1CCCC[C@@H]1NC(=O)OCC1c2ccccc2-c2ccccc21)C(C)C(=O)O. The first-order valence-electron chi connectivity index (χ1n) is 12.5. The van der Waals surface area contributed by atoms with Crippen molar-refractivity contribution in [3.63, 3.8) is 0 Å². The summed E-state index contributed by atoms with van der Waals surface area (Å²) >= 11 is 0. The van der Waals surface area contributed by atoms with Crippen molar-refractivity contribution in [1.82, 2.24) is 10.6 Å². The van der Waals surface area contributed by atoms with Crippen LogP contribution >= 0.6 is 0 Å². The van der Waals surface area contributed by atoms with Gasteiger partial charge in [0.1, 0.15) is 6.61 Å². The van der Waals surface area contributed by atoms with Crippen LogP contribution < -0.4 is 10.6 Å². The summed E-state index contributed by atoms with van der Waals surface area (Å²) in [5, 5.41) is 15.0. The zero-order valence-corrected chi connectivity index (χ0v) is 20.3. The summed E-state index contributed by atoms with van der Waals surface area (Å²) in [5.74, 6) is -1.79. The normalized spacial score (nSPS) is 20.7. The Labute approximate surface area is 206 Å². The van der Waals surface area contributed by atoms with Crippen molar-refractivity contribution in [3.8, 4) is 11.1 Å². The molecule has 2 aromatic rings. The molecule has 0 bridgehead atoms. The topological polar surface area (TPSA) is 105 Å². The number of aliphatic carboxylic acids is 1. The van der Waals surface area contributed by atoms with Crippen molar-refractivity contribution in [3.05, 3.63) is 59.7 Å². The van der Waals surface area contributed by atoms with Crippen LogP contribution in [0.15, 0.2) is 48.5 Å². The molecule has 3 N–H and O–H groups in total. The van der Waals surface area contributed by atoms with E-state index in [9.17, 15) is 14.4 Å². The summed E-state index contributed by atoms with van der Waals surface area (Å²) in [6.07, 6.45) is 3.41. The van der Waals surface area contributed by atoms with Crippen molar-refractivity contribution in [2.24, 2.45) is 11.8 Å². The lowest BCUT2D eigenvalue weighted by atomic mass is 9.82. The molecule has 2 aliphatic rings. The van der Waals surface area contributed by atoms with Crippen molar-refractivity contribution < 1.29 is 24.2 Å². The number of carbonyl (C=O) groups is 3. The average molecular weight is 479 g/mol. The smallest absolute Gasteiger partial charge is 0.407 e. The Morgan fingerprint density at radius 2 is 1.57 bits per heavy atom. The summed E-state index contributed by atoms with van der Waals surface area (Å²) in [6.45, 7) is 3.53. The second-order valence-corrected chi connectivity index (χ2v) is 9.81. The highest BCUT2D eigenvalue weighted by molar-refractivity contribution is 5.79. The Morgan fingerprint density at radius 3 is 2.20 bits per heavy atom. The molecule has 0 radical (unpaired) electrons. The van der Waals surface area contributed by atoms with E-state index < -0.39 is 24.0 Å². The number of carbonyl (C=O) groups excluding carboxylic acids is 2.